The van der Waals surface area contributed by atoms with Crippen LogP contribution in [0.25, 0.3) is 0 Å². The van der Waals surface area contributed by atoms with Gasteiger partial charge in [0.15, 0.2) is 0 Å². The zero-order valence-corrected chi connectivity index (χ0v) is 11.4. The third-order valence-corrected chi connectivity index (χ3v) is 2.68. The highest BCUT2D eigenvalue weighted by Gasteiger charge is 2.17. The van der Waals surface area contributed by atoms with Crippen molar-refractivity contribution < 1.29 is 14.7 Å². The zero-order valence-electron chi connectivity index (χ0n) is 9.24. The van der Waals surface area contributed by atoms with Crippen LogP contribution in [0.4, 0.5) is 5.69 Å². The molecule has 0 spiro atoms. The van der Waals surface area contributed by atoms with Gasteiger partial charge in [0, 0.05) is 22.7 Å². The number of rotatable bonds is 5. The molecule has 3 N–H and O–H groups in total. The lowest BCUT2D eigenvalue weighted by atomic mass is 10.2. The predicted molar refractivity (Wildman–Crippen MR) is 72.9 cm³/mol. The Morgan fingerprint density at radius 2 is 2.18 bits per heavy atom. The van der Waals surface area contributed by atoms with E-state index in [9.17, 15) is 9.59 Å². The number of hydrogen-bond donors (Lipinski definition) is 3. The van der Waals surface area contributed by atoms with E-state index in [2.05, 4.69) is 33.2 Å². The molecule has 0 aliphatic carbocycles. The smallest absolute Gasteiger partial charge is 0.328 e. The van der Waals surface area contributed by atoms with E-state index in [0.717, 1.165) is 9.26 Å². The molecule has 17 heavy (non-hydrogen) atoms. The van der Waals surface area contributed by atoms with Gasteiger partial charge in [-0.2, -0.15) is 0 Å². The van der Waals surface area contributed by atoms with Crippen molar-refractivity contribution in [3.05, 3.63) is 27.8 Å². The first-order valence-corrected chi connectivity index (χ1v) is 6.06. The van der Waals surface area contributed by atoms with E-state index in [1.807, 2.05) is 24.3 Å². The van der Waals surface area contributed by atoms with Gasteiger partial charge in [0.25, 0.3) is 0 Å². The van der Waals surface area contributed by atoms with Crippen LogP contribution in [0.2, 0.25) is 0 Å². The molecule has 1 rings (SSSR count). The van der Waals surface area contributed by atoms with E-state index in [1.54, 1.807) is 0 Å². The van der Waals surface area contributed by atoms with Crippen molar-refractivity contribution in [1.82, 2.24) is 5.32 Å². The van der Waals surface area contributed by atoms with E-state index >= 15 is 0 Å². The van der Waals surface area contributed by atoms with Gasteiger partial charge in [-0.15, -0.1) is 0 Å². The Morgan fingerprint density at radius 1 is 1.47 bits per heavy atom. The summed E-state index contributed by atoms with van der Waals surface area (Å²) in [7, 11) is 0. The number of amides is 1. The molecule has 0 aliphatic rings. The SMILES string of the molecule is CC(=O)NC(CNc1cccc(I)c1)C(=O)O. The summed E-state index contributed by atoms with van der Waals surface area (Å²) in [6, 6.07) is 6.62. The fourth-order valence-electron chi connectivity index (χ4n) is 1.26. The lowest BCUT2D eigenvalue weighted by Gasteiger charge is -2.14. The zero-order chi connectivity index (χ0) is 12.8. The summed E-state index contributed by atoms with van der Waals surface area (Å²) in [6.45, 7) is 1.44. The van der Waals surface area contributed by atoms with Crippen molar-refractivity contribution in [2.24, 2.45) is 0 Å². The Hall–Kier alpha value is -1.31. The van der Waals surface area contributed by atoms with Gasteiger partial charge < -0.3 is 15.7 Å². The predicted octanol–water partition coefficient (Wildman–Crippen LogP) is 1.29. The van der Waals surface area contributed by atoms with Crippen LogP contribution in [-0.2, 0) is 9.59 Å². The summed E-state index contributed by atoms with van der Waals surface area (Å²) in [4.78, 5) is 21.7. The average molecular weight is 348 g/mol. The highest BCUT2D eigenvalue weighted by molar-refractivity contribution is 14.1. The number of anilines is 1. The minimum atomic E-state index is -1.06. The lowest BCUT2D eigenvalue weighted by molar-refractivity contribution is -0.141. The highest BCUT2D eigenvalue weighted by Crippen LogP contribution is 2.12. The molecule has 0 aromatic heterocycles. The summed E-state index contributed by atoms with van der Waals surface area (Å²) in [5.41, 5.74) is 0.827. The molecule has 1 unspecified atom stereocenters. The summed E-state index contributed by atoms with van der Waals surface area (Å²) in [5.74, 6) is -1.42. The van der Waals surface area contributed by atoms with Crippen LogP contribution in [0, 0.1) is 3.57 Å². The monoisotopic (exact) mass is 348 g/mol. The Labute approximate surface area is 113 Å². The average Bonchev–Trinajstić information content (AvgIpc) is 2.23. The molecule has 0 fully saturated rings. The van der Waals surface area contributed by atoms with Gasteiger partial charge in [0.1, 0.15) is 6.04 Å². The molecule has 92 valence electrons. The molecule has 0 heterocycles. The van der Waals surface area contributed by atoms with E-state index in [0.29, 0.717) is 0 Å². The molecule has 5 nitrogen and oxygen atoms in total. The van der Waals surface area contributed by atoms with Crippen LogP contribution in [0.15, 0.2) is 24.3 Å². The first kappa shape index (κ1) is 13.8. The lowest BCUT2D eigenvalue weighted by Crippen LogP contribution is -2.44. The van der Waals surface area contributed by atoms with Crippen LogP contribution in [0.3, 0.4) is 0 Å². The van der Waals surface area contributed by atoms with Gasteiger partial charge in [-0.05, 0) is 40.8 Å². The minimum absolute atomic E-state index is 0.148. The standard InChI is InChI=1S/C11H13IN2O3/c1-7(15)14-10(11(16)17)6-13-9-4-2-3-8(12)5-9/h2-5,10,13H,6H2,1H3,(H,14,15)(H,16,17). The number of carboxylic acid groups (broad SMARTS) is 1. The number of hydrogen-bond acceptors (Lipinski definition) is 3. The molecule has 0 radical (unpaired) electrons. The van der Waals surface area contributed by atoms with Crippen molar-refractivity contribution in [3.8, 4) is 0 Å². The van der Waals surface area contributed by atoms with E-state index in [1.165, 1.54) is 6.92 Å². The Balaban J connectivity index is 2.57. The van der Waals surface area contributed by atoms with Crippen LogP contribution < -0.4 is 10.6 Å². The number of nitrogens with one attached hydrogen (secondary N) is 2. The molecule has 1 aromatic rings. The largest absolute Gasteiger partial charge is 0.480 e. The molecule has 6 heteroatoms. The van der Waals surface area contributed by atoms with E-state index in [4.69, 9.17) is 5.11 Å². The third-order valence-electron chi connectivity index (χ3n) is 2.01. The van der Waals surface area contributed by atoms with Crippen molar-refractivity contribution in [2.45, 2.75) is 13.0 Å². The van der Waals surface area contributed by atoms with Crippen LogP contribution in [0.1, 0.15) is 6.92 Å². The fourth-order valence-corrected chi connectivity index (χ4v) is 1.81. The van der Waals surface area contributed by atoms with Crippen molar-refractivity contribution in [1.29, 1.82) is 0 Å². The maximum atomic E-state index is 10.9. The molecule has 0 bridgehead atoms. The summed E-state index contributed by atoms with van der Waals surface area (Å²) in [6.07, 6.45) is 0. The highest BCUT2D eigenvalue weighted by atomic mass is 127. The van der Waals surface area contributed by atoms with Gasteiger partial charge in [-0.25, -0.2) is 4.79 Å². The van der Waals surface area contributed by atoms with E-state index in [-0.39, 0.29) is 12.5 Å². The topological polar surface area (TPSA) is 78.4 Å². The van der Waals surface area contributed by atoms with Crippen LogP contribution >= 0.6 is 22.6 Å². The second-order valence-electron chi connectivity index (χ2n) is 3.48. The van der Waals surface area contributed by atoms with Crippen LogP contribution in [-0.4, -0.2) is 29.6 Å². The molecule has 1 atom stereocenters. The second-order valence-corrected chi connectivity index (χ2v) is 4.73. The molecular weight excluding hydrogens is 335 g/mol. The molecule has 1 amide bonds. The molecule has 0 saturated heterocycles. The molecule has 0 aliphatic heterocycles. The molecule has 1 aromatic carbocycles. The minimum Gasteiger partial charge on any atom is -0.480 e. The van der Waals surface area contributed by atoms with Crippen molar-refractivity contribution >= 4 is 40.2 Å². The Bertz CT molecular complexity index is 423. The number of carbonyl (C=O) groups is 2. The maximum absolute atomic E-state index is 10.9. The first-order valence-electron chi connectivity index (χ1n) is 4.98. The summed E-state index contributed by atoms with van der Waals surface area (Å²) >= 11 is 2.17. The van der Waals surface area contributed by atoms with E-state index < -0.39 is 12.0 Å². The Morgan fingerprint density at radius 3 is 2.71 bits per heavy atom. The summed E-state index contributed by atoms with van der Waals surface area (Å²) in [5, 5.41) is 14.2. The number of halogens is 1. The molecular formula is C11H13IN2O3. The summed E-state index contributed by atoms with van der Waals surface area (Å²) < 4.78 is 1.05. The maximum Gasteiger partial charge on any atom is 0.328 e. The second kappa shape index (κ2) is 6.43. The van der Waals surface area contributed by atoms with Gasteiger partial charge in [0.2, 0.25) is 5.91 Å². The first-order chi connectivity index (χ1) is 7.99. The normalized spacial score (nSPS) is 11.6. The van der Waals surface area contributed by atoms with Crippen LogP contribution in [0.5, 0.6) is 0 Å². The third kappa shape index (κ3) is 5.03. The number of carbonyl (C=O) groups excluding carboxylic acids is 1. The molecule has 0 saturated carbocycles. The number of aliphatic carboxylic acids is 1. The Kier molecular flexibility index (Phi) is 5.20. The quantitative estimate of drug-likeness (QED) is 0.701. The van der Waals surface area contributed by atoms with Crippen molar-refractivity contribution in [3.63, 3.8) is 0 Å². The number of benzene rings is 1. The number of carboxylic acids is 1. The van der Waals surface area contributed by atoms with Crippen molar-refractivity contribution in [2.75, 3.05) is 11.9 Å². The fraction of sp³-hybridized carbons (Fsp3) is 0.273. The van der Waals surface area contributed by atoms with Gasteiger partial charge >= 0.3 is 5.97 Å². The van der Waals surface area contributed by atoms with Gasteiger partial charge in [0.05, 0.1) is 0 Å². The van der Waals surface area contributed by atoms with Gasteiger partial charge in [-0.3, -0.25) is 4.79 Å². The van der Waals surface area contributed by atoms with Gasteiger partial charge in [-0.1, -0.05) is 6.07 Å².